The summed E-state index contributed by atoms with van der Waals surface area (Å²) < 4.78 is 5.39. The Balaban J connectivity index is 1.82. The molecule has 0 saturated heterocycles. The van der Waals surface area contributed by atoms with Gasteiger partial charge >= 0.3 is 5.97 Å². The molecule has 0 radical (unpaired) electrons. The molecule has 196 valence electrons. The SMILES string of the molecule is C=C(C)C(=O)OCC(CCO)c1ccc(-c2ccc(-c3ccc(CCCCC)cc3)c(CC)c2)c(C)c1. The monoisotopic (exact) mass is 498 g/mol. The Morgan fingerprint density at radius 1 is 0.946 bits per heavy atom. The van der Waals surface area contributed by atoms with Crippen LogP contribution < -0.4 is 0 Å². The average Bonchev–Trinajstić information content (AvgIpc) is 2.91. The second-order valence-electron chi connectivity index (χ2n) is 10.0. The molecule has 37 heavy (non-hydrogen) atoms. The van der Waals surface area contributed by atoms with E-state index in [1.807, 2.05) is 0 Å². The predicted molar refractivity (Wildman–Crippen MR) is 155 cm³/mol. The quantitative estimate of drug-likeness (QED) is 0.147. The third-order valence-electron chi connectivity index (χ3n) is 7.09. The number of carbonyl (C=O) groups excluding carboxylic acids is 1. The lowest BCUT2D eigenvalue weighted by molar-refractivity contribution is -0.139. The van der Waals surface area contributed by atoms with Crippen LogP contribution in [0.15, 0.2) is 72.8 Å². The summed E-state index contributed by atoms with van der Waals surface area (Å²) in [5.41, 5.74) is 10.3. The van der Waals surface area contributed by atoms with Crippen molar-refractivity contribution in [3.63, 3.8) is 0 Å². The molecule has 0 aromatic heterocycles. The van der Waals surface area contributed by atoms with Gasteiger partial charge in [0.25, 0.3) is 0 Å². The first kappa shape index (κ1) is 28.4. The van der Waals surface area contributed by atoms with E-state index in [9.17, 15) is 9.90 Å². The number of carbonyl (C=O) groups is 1. The van der Waals surface area contributed by atoms with Crippen molar-refractivity contribution in [3.05, 3.63) is 95.1 Å². The number of esters is 1. The Bertz CT molecular complexity index is 1190. The van der Waals surface area contributed by atoms with Crippen LogP contribution in [0.5, 0.6) is 0 Å². The van der Waals surface area contributed by atoms with Gasteiger partial charge < -0.3 is 9.84 Å². The average molecular weight is 499 g/mol. The predicted octanol–water partition coefficient (Wildman–Crippen LogP) is 8.21. The fourth-order valence-electron chi connectivity index (χ4n) is 4.83. The first-order valence-corrected chi connectivity index (χ1v) is 13.6. The van der Waals surface area contributed by atoms with E-state index < -0.39 is 5.97 Å². The maximum Gasteiger partial charge on any atom is 0.333 e. The molecule has 3 nitrogen and oxygen atoms in total. The summed E-state index contributed by atoms with van der Waals surface area (Å²) >= 11 is 0. The number of hydrogen-bond donors (Lipinski definition) is 1. The van der Waals surface area contributed by atoms with Crippen molar-refractivity contribution in [2.24, 2.45) is 0 Å². The summed E-state index contributed by atoms with van der Waals surface area (Å²) in [6, 6.07) is 22.2. The highest BCUT2D eigenvalue weighted by Gasteiger charge is 2.16. The highest BCUT2D eigenvalue weighted by Crippen LogP contribution is 2.33. The normalized spacial score (nSPS) is 11.8. The van der Waals surface area contributed by atoms with E-state index in [0.717, 1.165) is 24.0 Å². The fourth-order valence-corrected chi connectivity index (χ4v) is 4.83. The van der Waals surface area contributed by atoms with Crippen LogP contribution in [0.1, 0.15) is 74.6 Å². The molecule has 0 aliphatic rings. The molecule has 0 aliphatic carbocycles. The van der Waals surface area contributed by atoms with E-state index in [4.69, 9.17) is 4.74 Å². The summed E-state index contributed by atoms with van der Waals surface area (Å²) in [6.07, 6.45) is 6.44. The third kappa shape index (κ3) is 7.66. The zero-order valence-corrected chi connectivity index (χ0v) is 23.0. The second-order valence-corrected chi connectivity index (χ2v) is 10.0. The zero-order valence-electron chi connectivity index (χ0n) is 23.0. The summed E-state index contributed by atoms with van der Waals surface area (Å²) in [6.45, 7) is 12.1. The maximum atomic E-state index is 11.9. The lowest BCUT2D eigenvalue weighted by atomic mass is 9.89. The number of ether oxygens (including phenoxy) is 1. The largest absolute Gasteiger partial charge is 0.462 e. The molecule has 1 N–H and O–H groups in total. The van der Waals surface area contributed by atoms with Crippen LogP contribution in [0.25, 0.3) is 22.3 Å². The van der Waals surface area contributed by atoms with E-state index in [2.05, 4.69) is 88.0 Å². The maximum absolute atomic E-state index is 11.9. The lowest BCUT2D eigenvalue weighted by Gasteiger charge is -2.19. The van der Waals surface area contributed by atoms with E-state index in [1.54, 1.807) is 6.92 Å². The van der Waals surface area contributed by atoms with Crippen LogP contribution in [0.2, 0.25) is 0 Å². The van der Waals surface area contributed by atoms with E-state index in [0.29, 0.717) is 12.0 Å². The van der Waals surface area contributed by atoms with Crippen molar-refractivity contribution in [3.8, 4) is 22.3 Å². The van der Waals surface area contributed by atoms with Crippen LogP contribution >= 0.6 is 0 Å². The van der Waals surface area contributed by atoms with Gasteiger partial charge in [-0.05, 0) is 84.0 Å². The molecular formula is C34H42O3. The van der Waals surface area contributed by atoms with Crippen LogP contribution in [0.4, 0.5) is 0 Å². The number of hydrogen-bond acceptors (Lipinski definition) is 3. The van der Waals surface area contributed by atoms with Gasteiger partial charge in [0.15, 0.2) is 0 Å². The highest BCUT2D eigenvalue weighted by atomic mass is 16.5. The molecule has 1 atom stereocenters. The Kier molecular flexibility index (Phi) is 10.7. The van der Waals surface area contributed by atoms with Crippen molar-refractivity contribution in [2.45, 2.75) is 72.1 Å². The Morgan fingerprint density at radius 2 is 1.65 bits per heavy atom. The molecule has 3 aromatic carbocycles. The smallest absolute Gasteiger partial charge is 0.333 e. The molecule has 3 heteroatoms. The van der Waals surface area contributed by atoms with Gasteiger partial charge in [0.05, 0.1) is 6.61 Å². The van der Waals surface area contributed by atoms with E-state index >= 15 is 0 Å². The molecule has 0 aliphatic heterocycles. The van der Waals surface area contributed by atoms with E-state index in [-0.39, 0.29) is 19.1 Å². The van der Waals surface area contributed by atoms with Crippen molar-refractivity contribution >= 4 is 5.97 Å². The van der Waals surface area contributed by atoms with Gasteiger partial charge in [-0.15, -0.1) is 0 Å². The van der Waals surface area contributed by atoms with Crippen molar-refractivity contribution in [1.29, 1.82) is 0 Å². The third-order valence-corrected chi connectivity index (χ3v) is 7.09. The molecule has 0 heterocycles. The van der Waals surface area contributed by atoms with Crippen LogP contribution in [-0.2, 0) is 22.4 Å². The highest BCUT2D eigenvalue weighted by molar-refractivity contribution is 5.87. The zero-order chi connectivity index (χ0) is 26.8. The van der Waals surface area contributed by atoms with Crippen LogP contribution in [0.3, 0.4) is 0 Å². The van der Waals surface area contributed by atoms with E-state index in [1.165, 1.54) is 52.6 Å². The van der Waals surface area contributed by atoms with Crippen molar-refractivity contribution in [1.82, 2.24) is 0 Å². The van der Waals surface area contributed by atoms with Crippen molar-refractivity contribution < 1.29 is 14.6 Å². The topological polar surface area (TPSA) is 46.5 Å². The standard InChI is InChI=1S/C34H42O3/c1-6-8-9-10-26-11-13-28(14-12-26)33-18-16-30(22-27(33)7-2)32-17-15-29(21-25(32)5)31(19-20-35)23-37-34(36)24(3)4/h11-18,21-22,31,35H,3,6-10,19-20,23H2,1-2,4-5H3. The van der Waals surface area contributed by atoms with Gasteiger partial charge in [0.1, 0.15) is 0 Å². The molecule has 0 bridgehead atoms. The molecule has 3 rings (SSSR count). The molecule has 0 saturated carbocycles. The fraction of sp³-hybridized carbons (Fsp3) is 0.382. The minimum absolute atomic E-state index is 0.0388. The summed E-state index contributed by atoms with van der Waals surface area (Å²) in [5, 5.41) is 9.56. The number of aryl methyl sites for hydroxylation is 3. The number of rotatable bonds is 13. The van der Waals surface area contributed by atoms with Gasteiger partial charge in [-0.1, -0.05) is 93.9 Å². The van der Waals surface area contributed by atoms with Crippen LogP contribution in [-0.4, -0.2) is 24.3 Å². The van der Waals surface area contributed by atoms with Gasteiger partial charge in [-0.3, -0.25) is 0 Å². The minimum Gasteiger partial charge on any atom is -0.462 e. The lowest BCUT2D eigenvalue weighted by Crippen LogP contribution is -2.14. The van der Waals surface area contributed by atoms with Crippen LogP contribution in [0, 0.1) is 6.92 Å². The Hall–Kier alpha value is -3.17. The summed E-state index contributed by atoms with van der Waals surface area (Å²) in [7, 11) is 0. The molecule has 1 unspecified atom stereocenters. The number of aliphatic hydroxyl groups excluding tert-OH is 1. The van der Waals surface area contributed by atoms with Gasteiger partial charge in [0, 0.05) is 18.1 Å². The van der Waals surface area contributed by atoms with Crippen molar-refractivity contribution in [2.75, 3.05) is 13.2 Å². The first-order chi connectivity index (χ1) is 17.9. The first-order valence-electron chi connectivity index (χ1n) is 13.6. The van der Waals surface area contributed by atoms with Gasteiger partial charge in [0.2, 0.25) is 0 Å². The molecular weight excluding hydrogens is 456 g/mol. The number of benzene rings is 3. The number of unbranched alkanes of at least 4 members (excludes halogenated alkanes) is 2. The Labute approximate surface area is 223 Å². The molecule has 0 spiro atoms. The summed E-state index contributed by atoms with van der Waals surface area (Å²) in [5.74, 6) is -0.450. The number of aliphatic hydroxyl groups is 1. The molecule has 3 aromatic rings. The summed E-state index contributed by atoms with van der Waals surface area (Å²) in [4.78, 5) is 11.9. The molecule has 0 fully saturated rings. The molecule has 0 amide bonds. The van der Waals surface area contributed by atoms with Gasteiger partial charge in [-0.2, -0.15) is 0 Å². The Morgan fingerprint density at radius 3 is 2.27 bits per heavy atom. The van der Waals surface area contributed by atoms with Gasteiger partial charge in [-0.25, -0.2) is 4.79 Å². The second kappa shape index (κ2) is 13.9. The minimum atomic E-state index is -0.394.